The zero-order valence-electron chi connectivity index (χ0n) is 16.0. The van der Waals surface area contributed by atoms with Gasteiger partial charge in [-0.3, -0.25) is 4.79 Å². The normalized spacial score (nSPS) is 13.5. The zero-order valence-corrected chi connectivity index (χ0v) is 16.8. The average Bonchev–Trinajstić information content (AvgIpc) is 3.04. The summed E-state index contributed by atoms with van der Waals surface area (Å²) < 4.78 is 7.76. The molecule has 0 saturated heterocycles. The lowest BCUT2D eigenvalue weighted by Crippen LogP contribution is -2.33. The lowest BCUT2D eigenvalue weighted by molar-refractivity contribution is -0.116. The van der Waals surface area contributed by atoms with Crippen LogP contribution < -0.4 is 15.0 Å². The molecule has 1 aromatic heterocycles. The summed E-state index contributed by atoms with van der Waals surface area (Å²) in [5.74, 6) is 1.68. The molecule has 0 saturated carbocycles. The molecule has 1 aliphatic heterocycles. The summed E-state index contributed by atoms with van der Waals surface area (Å²) in [5.41, 5.74) is 3.78. The van der Waals surface area contributed by atoms with Crippen LogP contribution in [0, 0.1) is 0 Å². The van der Waals surface area contributed by atoms with Crippen LogP contribution in [0.5, 0.6) is 5.75 Å². The Morgan fingerprint density at radius 2 is 2.11 bits per heavy atom. The Kier molecular flexibility index (Phi) is 5.13. The minimum Gasteiger partial charge on any atom is -0.494 e. The summed E-state index contributed by atoms with van der Waals surface area (Å²) in [4.78, 5) is 18.9. The topological polar surface area (TPSA) is 59.4 Å². The highest BCUT2D eigenvalue weighted by atomic mass is 35.5. The van der Waals surface area contributed by atoms with Gasteiger partial charge >= 0.3 is 0 Å². The van der Waals surface area contributed by atoms with Crippen molar-refractivity contribution in [3.8, 4) is 5.75 Å². The minimum atomic E-state index is -0.00102. The fourth-order valence-corrected chi connectivity index (χ4v) is 3.80. The van der Waals surface area contributed by atoms with Crippen LogP contribution in [0.25, 0.3) is 11.0 Å². The van der Waals surface area contributed by atoms with Crippen LogP contribution >= 0.6 is 11.6 Å². The van der Waals surface area contributed by atoms with Crippen molar-refractivity contribution in [1.29, 1.82) is 0 Å². The van der Waals surface area contributed by atoms with Gasteiger partial charge in [-0.2, -0.15) is 0 Å². The maximum atomic E-state index is 11.9. The molecule has 146 valence electrons. The molecule has 1 amide bonds. The van der Waals surface area contributed by atoms with Crippen molar-refractivity contribution >= 4 is 39.9 Å². The van der Waals surface area contributed by atoms with Gasteiger partial charge in [0.25, 0.3) is 0 Å². The molecule has 7 heteroatoms. The lowest BCUT2D eigenvalue weighted by atomic mass is 10.2. The average molecular weight is 399 g/mol. The largest absolute Gasteiger partial charge is 0.494 e. The van der Waals surface area contributed by atoms with Gasteiger partial charge in [-0.05, 0) is 36.8 Å². The summed E-state index contributed by atoms with van der Waals surface area (Å²) in [5, 5.41) is 3.62. The van der Waals surface area contributed by atoms with Crippen molar-refractivity contribution in [2.75, 3.05) is 23.9 Å². The van der Waals surface area contributed by atoms with Crippen LogP contribution in [0.1, 0.15) is 25.6 Å². The van der Waals surface area contributed by atoms with E-state index in [4.69, 9.17) is 21.3 Å². The summed E-state index contributed by atoms with van der Waals surface area (Å²) in [7, 11) is 1.62. The maximum Gasteiger partial charge on any atom is 0.224 e. The monoisotopic (exact) mass is 398 g/mol. The number of nitrogens with zero attached hydrogens (tertiary/aromatic N) is 3. The first-order chi connectivity index (χ1) is 13.6. The Morgan fingerprint density at radius 3 is 2.89 bits per heavy atom. The molecule has 0 atom stereocenters. The number of carbonyl (C=O) groups is 1. The van der Waals surface area contributed by atoms with E-state index in [1.54, 1.807) is 7.11 Å². The molecule has 1 aliphatic rings. The predicted octanol–water partition coefficient (Wildman–Crippen LogP) is 4.46. The van der Waals surface area contributed by atoms with E-state index in [0.29, 0.717) is 29.4 Å². The highest BCUT2D eigenvalue weighted by Gasteiger charge is 2.21. The van der Waals surface area contributed by atoms with E-state index in [1.807, 2.05) is 43.3 Å². The van der Waals surface area contributed by atoms with Gasteiger partial charge < -0.3 is 19.5 Å². The maximum absolute atomic E-state index is 11.9. The summed E-state index contributed by atoms with van der Waals surface area (Å²) in [6.07, 6.45) is 1.31. The highest BCUT2D eigenvalue weighted by molar-refractivity contribution is 6.31. The van der Waals surface area contributed by atoms with E-state index >= 15 is 0 Å². The quantitative estimate of drug-likeness (QED) is 0.689. The molecule has 0 radical (unpaired) electrons. The third kappa shape index (κ3) is 3.52. The third-order valence-electron chi connectivity index (χ3n) is 5.02. The number of ether oxygens (including phenoxy) is 1. The molecule has 2 aromatic carbocycles. The van der Waals surface area contributed by atoms with E-state index in [-0.39, 0.29) is 5.91 Å². The molecule has 6 nitrogen and oxygen atoms in total. The summed E-state index contributed by atoms with van der Waals surface area (Å²) in [6.45, 7) is 4.41. The van der Waals surface area contributed by atoms with Gasteiger partial charge in [0.1, 0.15) is 11.6 Å². The molecule has 4 rings (SSSR count). The number of methoxy groups -OCH3 is 1. The Balaban J connectivity index is 1.58. The number of fused-ring (bicyclic) bond motifs is 3. The van der Waals surface area contributed by atoms with Crippen molar-refractivity contribution in [2.45, 2.75) is 32.9 Å². The highest BCUT2D eigenvalue weighted by Crippen LogP contribution is 2.32. The first-order valence-electron chi connectivity index (χ1n) is 9.46. The Labute approximate surface area is 169 Å². The molecule has 28 heavy (non-hydrogen) atoms. The number of hydrogen-bond donors (Lipinski definition) is 1. The second-order valence-electron chi connectivity index (χ2n) is 6.92. The lowest BCUT2D eigenvalue weighted by Gasteiger charge is -2.30. The SMILES string of the molecule is CCCC(=O)Nc1ccc(N2CCn3c(nc4cc(Cl)ccc43)C2)cc1OC. The van der Waals surface area contributed by atoms with Gasteiger partial charge in [-0.1, -0.05) is 18.5 Å². The Hall–Kier alpha value is -2.73. The number of rotatable bonds is 5. The summed E-state index contributed by atoms with van der Waals surface area (Å²) in [6, 6.07) is 11.7. The Bertz CT molecular complexity index is 1030. The fraction of sp³-hybridized carbons (Fsp3) is 0.333. The van der Waals surface area contributed by atoms with Gasteiger partial charge in [0.15, 0.2) is 0 Å². The number of benzene rings is 2. The predicted molar refractivity (Wildman–Crippen MR) is 112 cm³/mol. The molecule has 0 bridgehead atoms. The van der Waals surface area contributed by atoms with Crippen LogP contribution in [-0.4, -0.2) is 29.1 Å². The molecule has 0 spiro atoms. The van der Waals surface area contributed by atoms with E-state index < -0.39 is 0 Å². The first-order valence-corrected chi connectivity index (χ1v) is 9.84. The van der Waals surface area contributed by atoms with Crippen molar-refractivity contribution in [1.82, 2.24) is 9.55 Å². The summed E-state index contributed by atoms with van der Waals surface area (Å²) >= 11 is 6.11. The standard InChI is InChI=1S/C21H23ClN4O2/c1-3-4-21(27)24-16-7-6-15(12-19(16)28-2)25-9-10-26-18-8-5-14(22)11-17(18)23-20(26)13-25/h5-8,11-12H,3-4,9-10,13H2,1-2H3,(H,24,27). The van der Waals surface area contributed by atoms with Crippen LogP contribution in [0.15, 0.2) is 36.4 Å². The van der Waals surface area contributed by atoms with Crippen molar-refractivity contribution in [3.63, 3.8) is 0 Å². The van der Waals surface area contributed by atoms with Gasteiger partial charge in [-0.25, -0.2) is 4.98 Å². The van der Waals surface area contributed by atoms with Crippen LogP contribution in [0.3, 0.4) is 0 Å². The zero-order chi connectivity index (χ0) is 19.7. The molecule has 2 heterocycles. The molecule has 0 aliphatic carbocycles. The second kappa shape index (κ2) is 7.72. The number of aromatic nitrogens is 2. The van der Waals surface area contributed by atoms with Crippen molar-refractivity contribution < 1.29 is 9.53 Å². The number of hydrogen-bond acceptors (Lipinski definition) is 4. The first kappa shape index (κ1) is 18.6. The van der Waals surface area contributed by atoms with E-state index in [2.05, 4.69) is 14.8 Å². The number of halogens is 1. The second-order valence-corrected chi connectivity index (χ2v) is 7.35. The van der Waals surface area contributed by atoms with Crippen LogP contribution in [0.4, 0.5) is 11.4 Å². The number of imidazole rings is 1. The van der Waals surface area contributed by atoms with Crippen LogP contribution in [-0.2, 0) is 17.9 Å². The van der Waals surface area contributed by atoms with Gasteiger partial charge in [0.05, 0.1) is 30.4 Å². The number of anilines is 2. The minimum absolute atomic E-state index is 0.00102. The Morgan fingerprint density at radius 1 is 1.25 bits per heavy atom. The van der Waals surface area contributed by atoms with Gasteiger partial charge in [-0.15, -0.1) is 0 Å². The van der Waals surface area contributed by atoms with Gasteiger partial charge in [0, 0.05) is 36.3 Å². The molecular formula is C21H23ClN4O2. The van der Waals surface area contributed by atoms with E-state index in [9.17, 15) is 4.79 Å². The van der Waals surface area contributed by atoms with E-state index in [0.717, 1.165) is 42.1 Å². The molecule has 1 N–H and O–H groups in total. The molecular weight excluding hydrogens is 376 g/mol. The van der Waals surface area contributed by atoms with Crippen LogP contribution in [0.2, 0.25) is 5.02 Å². The number of nitrogens with one attached hydrogen (secondary N) is 1. The number of amides is 1. The van der Waals surface area contributed by atoms with Gasteiger partial charge in [0.2, 0.25) is 5.91 Å². The van der Waals surface area contributed by atoms with Crippen molar-refractivity contribution in [2.24, 2.45) is 0 Å². The fourth-order valence-electron chi connectivity index (χ4n) is 3.63. The molecule has 3 aromatic rings. The smallest absolute Gasteiger partial charge is 0.224 e. The molecule has 0 fully saturated rings. The van der Waals surface area contributed by atoms with Crippen molar-refractivity contribution in [3.05, 3.63) is 47.2 Å². The number of carbonyl (C=O) groups excluding carboxylic acids is 1. The molecule has 0 unspecified atom stereocenters. The van der Waals surface area contributed by atoms with E-state index in [1.165, 1.54) is 0 Å². The third-order valence-corrected chi connectivity index (χ3v) is 5.25.